The number of hydrogen-bond donors (Lipinski definition) is 0. The van der Waals surface area contributed by atoms with E-state index in [0.29, 0.717) is 5.92 Å². The highest BCUT2D eigenvalue weighted by Crippen LogP contribution is 2.28. The molecule has 3 aromatic carbocycles. The zero-order chi connectivity index (χ0) is 12.5. The summed E-state index contributed by atoms with van der Waals surface area (Å²) in [5.41, 5.74) is 1.47. The predicted octanol–water partition coefficient (Wildman–Crippen LogP) is 5.19. The minimum Gasteiger partial charge on any atom is -0.0625 e. The van der Waals surface area contributed by atoms with E-state index < -0.39 is 0 Å². The van der Waals surface area contributed by atoms with Crippen LogP contribution in [0.25, 0.3) is 21.5 Å². The van der Waals surface area contributed by atoms with Crippen molar-refractivity contribution in [1.29, 1.82) is 0 Å². The minimum atomic E-state index is 0.696. The van der Waals surface area contributed by atoms with Gasteiger partial charge in [-0.1, -0.05) is 68.4 Å². The van der Waals surface area contributed by atoms with E-state index in [9.17, 15) is 0 Å². The zero-order valence-electron chi connectivity index (χ0n) is 11.0. The summed E-state index contributed by atoms with van der Waals surface area (Å²) in [6.45, 7) is 4.56. The molecule has 0 nitrogen and oxygen atoms in total. The number of rotatable bonds is 2. The fourth-order valence-corrected chi connectivity index (χ4v) is 2.72. The molecule has 0 aliphatic heterocycles. The van der Waals surface area contributed by atoms with Gasteiger partial charge in [-0.05, 0) is 39.4 Å². The summed E-state index contributed by atoms with van der Waals surface area (Å²) in [6, 6.07) is 19.8. The monoisotopic (exact) mass is 234 g/mol. The Morgan fingerprint density at radius 3 is 2.33 bits per heavy atom. The van der Waals surface area contributed by atoms with Crippen LogP contribution in [0.3, 0.4) is 0 Å². The van der Waals surface area contributed by atoms with Gasteiger partial charge in [0.2, 0.25) is 0 Å². The zero-order valence-corrected chi connectivity index (χ0v) is 11.0. The summed E-state index contributed by atoms with van der Waals surface area (Å²) in [7, 11) is 0. The van der Waals surface area contributed by atoms with Crippen molar-refractivity contribution in [2.75, 3.05) is 0 Å². The molecular formula is C18H18. The van der Waals surface area contributed by atoms with Crippen LogP contribution in [0.1, 0.15) is 19.4 Å². The third kappa shape index (κ3) is 1.88. The molecule has 0 spiro atoms. The summed E-state index contributed by atoms with van der Waals surface area (Å²) in [5.74, 6) is 0.696. The maximum Gasteiger partial charge on any atom is -0.0103 e. The molecule has 0 aromatic heterocycles. The second kappa shape index (κ2) is 4.45. The van der Waals surface area contributed by atoms with Gasteiger partial charge in [-0.15, -0.1) is 0 Å². The first-order chi connectivity index (χ1) is 8.75. The van der Waals surface area contributed by atoms with Gasteiger partial charge >= 0.3 is 0 Å². The van der Waals surface area contributed by atoms with E-state index in [1.165, 1.54) is 27.1 Å². The first-order valence-corrected chi connectivity index (χ1v) is 6.65. The lowest BCUT2D eigenvalue weighted by Gasteiger charge is -2.11. The largest absolute Gasteiger partial charge is 0.0625 e. The van der Waals surface area contributed by atoms with Crippen molar-refractivity contribution in [3.8, 4) is 0 Å². The van der Waals surface area contributed by atoms with Crippen LogP contribution >= 0.6 is 0 Å². The van der Waals surface area contributed by atoms with E-state index in [4.69, 9.17) is 0 Å². The molecule has 0 radical (unpaired) electrons. The molecule has 0 saturated carbocycles. The fourth-order valence-electron chi connectivity index (χ4n) is 2.72. The van der Waals surface area contributed by atoms with Crippen molar-refractivity contribution in [2.24, 2.45) is 5.92 Å². The van der Waals surface area contributed by atoms with E-state index in [1.54, 1.807) is 0 Å². The Morgan fingerprint density at radius 1 is 0.722 bits per heavy atom. The van der Waals surface area contributed by atoms with Crippen LogP contribution in [0.4, 0.5) is 0 Å². The van der Waals surface area contributed by atoms with Crippen LogP contribution in [-0.2, 0) is 6.42 Å². The molecule has 90 valence electrons. The van der Waals surface area contributed by atoms with Crippen molar-refractivity contribution in [2.45, 2.75) is 20.3 Å². The molecule has 0 aliphatic carbocycles. The first kappa shape index (κ1) is 11.3. The van der Waals surface area contributed by atoms with Crippen molar-refractivity contribution < 1.29 is 0 Å². The van der Waals surface area contributed by atoms with Crippen LogP contribution < -0.4 is 0 Å². The minimum absolute atomic E-state index is 0.696. The second-order valence-corrected chi connectivity index (χ2v) is 5.40. The van der Waals surface area contributed by atoms with E-state index in [2.05, 4.69) is 68.4 Å². The summed E-state index contributed by atoms with van der Waals surface area (Å²) in [4.78, 5) is 0. The maximum absolute atomic E-state index is 2.28. The van der Waals surface area contributed by atoms with Gasteiger partial charge < -0.3 is 0 Å². The van der Waals surface area contributed by atoms with Crippen molar-refractivity contribution in [3.05, 3.63) is 60.2 Å². The molecule has 0 saturated heterocycles. The number of fused-ring (bicyclic) bond motifs is 3. The summed E-state index contributed by atoms with van der Waals surface area (Å²) in [6.07, 6.45) is 1.15. The summed E-state index contributed by atoms with van der Waals surface area (Å²) in [5, 5.41) is 5.48. The highest BCUT2D eigenvalue weighted by Gasteiger charge is 2.05. The Labute approximate surface area is 108 Å². The Morgan fingerprint density at radius 2 is 1.50 bits per heavy atom. The average molecular weight is 234 g/mol. The fraction of sp³-hybridized carbons (Fsp3) is 0.222. The lowest BCUT2D eigenvalue weighted by molar-refractivity contribution is 0.650. The smallest absolute Gasteiger partial charge is 0.0103 e. The summed E-state index contributed by atoms with van der Waals surface area (Å²) >= 11 is 0. The summed E-state index contributed by atoms with van der Waals surface area (Å²) < 4.78 is 0. The van der Waals surface area contributed by atoms with E-state index in [-0.39, 0.29) is 0 Å². The van der Waals surface area contributed by atoms with Gasteiger partial charge in [0.1, 0.15) is 0 Å². The Kier molecular flexibility index (Phi) is 2.79. The van der Waals surface area contributed by atoms with Gasteiger partial charge in [-0.25, -0.2) is 0 Å². The molecule has 3 aromatic rings. The third-order valence-electron chi connectivity index (χ3n) is 3.51. The molecule has 3 rings (SSSR count). The molecule has 18 heavy (non-hydrogen) atoms. The van der Waals surface area contributed by atoms with Gasteiger partial charge in [0.25, 0.3) is 0 Å². The molecule has 0 heterocycles. The van der Waals surface area contributed by atoms with Crippen LogP contribution in [0, 0.1) is 5.92 Å². The molecule has 0 unspecified atom stereocenters. The van der Waals surface area contributed by atoms with Crippen LogP contribution in [0.15, 0.2) is 54.6 Å². The average Bonchev–Trinajstić information content (AvgIpc) is 2.38. The number of benzene rings is 3. The quantitative estimate of drug-likeness (QED) is 0.535. The third-order valence-corrected chi connectivity index (χ3v) is 3.51. The normalized spacial score (nSPS) is 11.5. The maximum atomic E-state index is 2.28. The lowest BCUT2D eigenvalue weighted by atomic mass is 9.94. The molecule has 0 bridgehead atoms. The molecule has 0 N–H and O–H groups in total. The molecule has 0 amide bonds. The standard InChI is InChI=1S/C18H18/c1-13(2)12-15-7-5-9-18-16-8-4-3-6-14(16)10-11-17(15)18/h3-11,13H,12H2,1-2H3. The van der Waals surface area contributed by atoms with Gasteiger partial charge in [-0.3, -0.25) is 0 Å². The molecule has 0 fully saturated rings. The van der Waals surface area contributed by atoms with Crippen molar-refractivity contribution in [3.63, 3.8) is 0 Å². The van der Waals surface area contributed by atoms with Crippen LogP contribution in [-0.4, -0.2) is 0 Å². The topological polar surface area (TPSA) is 0 Å². The molecule has 0 atom stereocenters. The molecule has 0 heteroatoms. The van der Waals surface area contributed by atoms with Crippen LogP contribution in [0.2, 0.25) is 0 Å². The van der Waals surface area contributed by atoms with Crippen molar-refractivity contribution in [1.82, 2.24) is 0 Å². The van der Waals surface area contributed by atoms with Crippen LogP contribution in [0.5, 0.6) is 0 Å². The van der Waals surface area contributed by atoms with E-state index in [1.807, 2.05) is 0 Å². The predicted molar refractivity (Wildman–Crippen MR) is 80.0 cm³/mol. The number of hydrogen-bond acceptors (Lipinski definition) is 0. The molecule has 0 aliphatic rings. The SMILES string of the molecule is CC(C)Cc1cccc2c1ccc1ccccc12. The molecular weight excluding hydrogens is 216 g/mol. The van der Waals surface area contributed by atoms with Gasteiger partial charge in [0.05, 0.1) is 0 Å². The van der Waals surface area contributed by atoms with Gasteiger partial charge in [-0.2, -0.15) is 0 Å². The van der Waals surface area contributed by atoms with Crippen molar-refractivity contribution >= 4 is 21.5 Å². The van der Waals surface area contributed by atoms with Gasteiger partial charge in [0, 0.05) is 0 Å². The van der Waals surface area contributed by atoms with E-state index in [0.717, 1.165) is 6.42 Å². The Bertz CT molecular complexity index is 693. The van der Waals surface area contributed by atoms with Gasteiger partial charge in [0.15, 0.2) is 0 Å². The highest BCUT2D eigenvalue weighted by molar-refractivity contribution is 6.08. The first-order valence-electron chi connectivity index (χ1n) is 6.65. The van der Waals surface area contributed by atoms with E-state index >= 15 is 0 Å². The Balaban J connectivity index is 2.32. The Hall–Kier alpha value is -1.82. The lowest BCUT2D eigenvalue weighted by Crippen LogP contribution is -1.95. The second-order valence-electron chi connectivity index (χ2n) is 5.40. The highest BCUT2D eigenvalue weighted by atomic mass is 14.1.